The molecule has 1 unspecified atom stereocenters. The normalized spacial score (nSPS) is 15.3. The van der Waals surface area contributed by atoms with Crippen LogP contribution in [0.4, 0.5) is 4.39 Å². The smallest absolute Gasteiger partial charge is 0.241 e. The predicted molar refractivity (Wildman–Crippen MR) is 67.1 cm³/mol. The van der Waals surface area contributed by atoms with Crippen molar-refractivity contribution in [2.24, 2.45) is 0 Å². The number of aliphatic hydroxyl groups excluding tert-OH is 1. The summed E-state index contributed by atoms with van der Waals surface area (Å²) in [5, 5.41) is 8.95. The van der Waals surface area contributed by atoms with Crippen LogP contribution in [-0.4, -0.2) is 25.7 Å². The Kier molecular flexibility index (Phi) is 4.84. The number of rotatable bonds is 6. The minimum atomic E-state index is -3.78. The SMILES string of the molecule is CCC(C)(CCO)NS(=O)(=O)c1cccc(F)c1. The second-order valence-electron chi connectivity index (χ2n) is 4.45. The third kappa shape index (κ3) is 3.76. The maximum atomic E-state index is 13.0. The lowest BCUT2D eigenvalue weighted by atomic mass is 9.97. The maximum Gasteiger partial charge on any atom is 0.241 e. The molecule has 0 saturated heterocycles. The summed E-state index contributed by atoms with van der Waals surface area (Å²) in [4.78, 5) is -0.111. The molecule has 2 N–H and O–H groups in total. The quantitative estimate of drug-likeness (QED) is 0.829. The van der Waals surface area contributed by atoms with Gasteiger partial charge in [-0.3, -0.25) is 0 Å². The van der Waals surface area contributed by atoms with Crippen molar-refractivity contribution in [2.75, 3.05) is 6.61 Å². The van der Waals surface area contributed by atoms with Crippen molar-refractivity contribution in [1.82, 2.24) is 4.72 Å². The fraction of sp³-hybridized carbons (Fsp3) is 0.500. The van der Waals surface area contributed by atoms with Crippen LogP contribution in [0.1, 0.15) is 26.7 Å². The van der Waals surface area contributed by atoms with Crippen LogP contribution in [0.3, 0.4) is 0 Å². The summed E-state index contributed by atoms with van der Waals surface area (Å²) in [7, 11) is -3.78. The number of aliphatic hydroxyl groups is 1. The highest BCUT2D eigenvalue weighted by atomic mass is 32.2. The minimum Gasteiger partial charge on any atom is -0.396 e. The van der Waals surface area contributed by atoms with Gasteiger partial charge in [0.15, 0.2) is 0 Å². The van der Waals surface area contributed by atoms with Crippen molar-refractivity contribution in [3.8, 4) is 0 Å². The standard InChI is InChI=1S/C12H18FNO3S/c1-3-12(2,7-8-15)14-18(16,17)11-6-4-5-10(13)9-11/h4-6,9,14-15H,3,7-8H2,1-2H3. The van der Waals surface area contributed by atoms with Gasteiger partial charge in [-0.25, -0.2) is 17.5 Å². The molecule has 0 bridgehead atoms. The third-order valence-corrected chi connectivity index (χ3v) is 4.57. The van der Waals surface area contributed by atoms with E-state index in [4.69, 9.17) is 5.11 Å². The predicted octanol–water partition coefficient (Wildman–Crippen LogP) is 1.66. The van der Waals surface area contributed by atoms with Crippen LogP contribution in [0.15, 0.2) is 29.2 Å². The Bertz CT molecular complexity index is 504. The zero-order valence-corrected chi connectivity index (χ0v) is 11.3. The topological polar surface area (TPSA) is 66.4 Å². The van der Waals surface area contributed by atoms with Gasteiger partial charge in [-0.2, -0.15) is 0 Å². The summed E-state index contributed by atoms with van der Waals surface area (Å²) in [5.41, 5.74) is -0.736. The van der Waals surface area contributed by atoms with Crippen LogP contribution in [0, 0.1) is 5.82 Å². The van der Waals surface area contributed by atoms with E-state index in [-0.39, 0.29) is 11.5 Å². The Balaban J connectivity index is 3.01. The first-order valence-electron chi connectivity index (χ1n) is 5.73. The van der Waals surface area contributed by atoms with Gasteiger partial charge in [0.1, 0.15) is 5.82 Å². The van der Waals surface area contributed by atoms with Gasteiger partial charge in [0, 0.05) is 12.1 Å². The lowest BCUT2D eigenvalue weighted by Crippen LogP contribution is -2.46. The average molecular weight is 275 g/mol. The van der Waals surface area contributed by atoms with Gasteiger partial charge in [0.2, 0.25) is 10.0 Å². The molecule has 1 aromatic carbocycles. The van der Waals surface area contributed by atoms with Gasteiger partial charge < -0.3 is 5.11 Å². The van der Waals surface area contributed by atoms with Gasteiger partial charge >= 0.3 is 0 Å². The highest BCUT2D eigenvalue weighted by Gasteiger charge is 2.28. The highest BCUT2D eigenvalue weighted by molar-refractivity contribution is 7.89. The number of benzene rings is 1. The molecule has 1 rings (SSSR count). The van der Waals surface area contributed by atoms with Crippen molar-refractivity contribution in [3.63, 3.8) is 0 Å². The monoisotopic (exact) mass is 275 g/mol. The van der Waals surface area contributed by atoms with Gasteiger partial charge in [-0.15, -0.1) is 0 Å². The highest BCUT2D eigenvalue weighted by Crippen LogP contribution is 2.19. The third-order valence-electron chi connectivity index (χ3n) is 2.93. The fourth-order valence-electron chi connectivity index (χ4n) is 1.56. The molecule has 102 valence electrons. The summed E-state index contributed by atoms with van der Waals surface area (Å²) in [5.74, 6) is -0.599. The minimum absolute atomic E-state index is 0.111. The van der Waals surface area contributed by atoms with Crippen LogP contribution < -0.4 is 4.72 Å². The van der Waals surface area contributed by atoms with E-state index in [1.165, 1.54) is 18.2 Å². The van der Waals surface area contributed by atoms with Crippen LogP contribution >= 0.6 is 0 Å². The largest absolute Gasteiger partial charge is 0.396 e. The molecule has 0 amide bonds. The van der Waals surface area contributed by atoms with E-state index >= 15 is 0 Å². The molecular weight excluding hydrogens is 257 g/mol. The van der Waals surface area contributed by atoms with Gasteiger partial charge in [0.05, 0.1) is 4.90 Å². The zero-order valence-electron chi connectivity index (χ0n) is 10.5. The summed E-state index contributed by atoms with van der Waals surface area (Å²) in [6, 6.07) is 4.84. The van der Waals surface area contributed by atoms with E-state index in [1.54, 1.807) is 6.92 Å². The van der Waals surface area contributed by atoms with E-state index in [9.17, 15) is 12.8 Å². The number of nitrogens with one attached hydrogen (secondary N) is 1. The van der Waals surface area contributed by atoms with Crippen LogP contribution in [0.2, 0.25) is 0 Å². The number of halogens is 1. The summed E-state index contributed by atoms with van der Waals surface area (Å²) >= 11 is 0. The lowest BCUT2D eigenvalue weighted by molar-refractivity contribution is 0.233. The van der Waals surface area contributed by atoms with Gasteiger partial charge in [-0.05, 0) is 38.0 Å². The molecular formula is C12H18FNO3S. The van der Waals surface area contributed by atoms with Crippen LogP contribution in [0.5, 0.6) is 0 Å². The van der Waals surface area contributed by atoms with E-state index in [0.29, 0.717) is 12.8 Å². The summed E-state index contributed by atoms with van der Waals surface area (Å²) < 4.78 is 39.7. The molecule has 1 aromatic rings. The molecule has 0 fully saturated rings. The fourth-order valence-corrected chi connectivity index (χ4v) is 3.10. The molecule has 1 atom stereocenters. The van der Waals surface area contributed by atoms with Gasteiger partial charge in [0.25, 0.3) is 0 Å². The van der Waals surface area contributed by atoms with Crippen molar-refractivity contribution < 1.29 is 17.9 Å². The molecule has 6 heteroatoms. The Morgan fingerprint density at radius 1 is 1.44 bits per heavy atom. The van der Waals surface area contributed by atoms with E-state index in [2.05, 4.69) is 4.72 Å². The van der Waals surface area contributed by atoms with Crippen molar-refractivity contribution in [3.05, 3.63) is 30.1 Å². The Morgan fingerprint density at radius 3 is 2.61 bits per heavy atom. The van der Waals surface area contributed by atoms with Crippen LogP contribution in [-0.2, 0) is 10.0 Å². The average Bonchev–Trinajstić information content (AvgIpc) is 2.28. The van der Waals surface area contributed by atoms with Crippen molar-refractivity contribution >= 4 is 10.0 Å². The van der Waals surface area contributed by atoms with Gasteiger partial charge in [-0.1, -0.05) is 13.0 Å². The number of sulfonamides is 1. The molecule has 0 aromatic heterocycles. The molecule has 0 spiro atoms. The first-order chi connectivity index (χ1) is 8.33. The number of hydrogen-bond donors (Lipinski definition) is 2. The molecule has 0 radical (unpaired) electrons. The van der Waals surface area contributed by atoms with Crippen LogP contribution in [0.25, 0.3) is 0 Å². The van der Waals surface area contributed by atoms with E-state index < -0.39 is 21.4 Å². The van der Waals surface area contributed by atoms with E-state index in [0.717, 1.165) is 6.07 Å². The lowest BCUT2D eigenvalue weighted by Gasteiger charge is -2.28. The first kappa shape index (κ1) is 15.1. The van der Waals surface area contributed by atoms with Crippen molar-refractivity contribution in [2.45, 2.75) is 37.1 Å². The second-order valence-corrected chi connectivity index (χ2v) is 6.13. The first-order valence-corrected chi connectivity index (χ1v) is 7.22. The summed E-state index contributed by atoms with van der Waals surface area (Å²) in [6.07, 6.45) is 0.833. The molecule has 0 aliphatic rings. The molecule has 18 heavy (non-hydrogen) atoms. The van der Waals surface area contributed by atoms with E-state index in [1.807, 2.05) is 6.92 Å². The molecule has 0 aliphatic heterocycles. The molecule has 0 heterocycles. The second kappa shape index (κ2) is 5.77. The Morgan fingerprint density at radius 2 is 2.11 bits per heavy atom. The molecule has 4 nitrogen and oxygen atoms in total. The Hall–Kier alpha value is -0.980. The molecule has 0 saturated carbocycles. The maximum absolute atomic E-state index is 13.0. The Labute approximate surface area is 107 Å². The van der Waals surface area contributed by atoms with Crippen molar-refractivity contribution in [1.29, 1.82) is 0 Å². The zero-order chi connectivity index (χ0) is 13.8. The summed E-state index contributed by atoms with van der Waals surface area (Å²) in [6.45, 7) is 3.42. The molecule has 0 aliphatic carbocycles. The number of hydrogen-bond acceptors (Lipinski definition) is 3.